The van der Waals surface area contributed by atoms with E-state index in [0.717, 1.165) is 21.8 Å². The van der Waals surface area contributed by atoms with E-state index in [0.29, 0.717) is 23.9 Å². The number of hydrogen-bond acceptors (Lipinski definition) is 4. The first-order valence-corrected chi connectivity index (χ1v) is 9.09. The van der Waals surface area contributed by atoms with Gasteiger partial charge in [0.1, 0.15) is 0 Å². The minimum Gasteiger partial charge on any atom is -0.396 e. The number of rotatable bonds is 7. The van der Waals surface area contributed by atoms with Crippen LogP contribution in [0.5, 0.6) is 0 Å². The molecule has 1 heterocycles. The van der Waals surface area contributed by atoms with Crippen molar-refractivity contribution >= 4 is 17.7 Å². The van der Waals surface area contributed by atoms with Crippen LogP contribution >= 0.6 is 11.8 Å². The molecule has 1 aromatic carbocycles. The zero-order chi connectivity index (χ0) is 17.7. The molecule has 24 heavy (non-hydrogen) atoms. The molecule has 5 nitrogen and oxygen atoms in total. The van der Waals surface area contributed by atoms with E-state index >= 15 is 0 Å². The number of aromatic nitrogens is 2. The van der Waals surface area contributed by atoms with E-state index in [-0.39, 0.29) is 12.5 Å². The standard InChI is InChI=1S/C18H25N3O2S/c1-12(2)21-14(4)17(13(3)20-21)11-19-18(23)15-5-7-16(8-6-15)24-10-9-22/h5-8,12,22H,9-11H2,1-4H3,(H,19,23). The summed E-state index contributed by atoms with van der Waals surface area (Å²) in [6, 6.07) is 7.74. The van der Waals surface area contributed by atoms with E-state index in [1.54, 1.807) is 11.8 Å². The lowest BCUT2D eigenvalue weighted by Crippen LogP contribution is -2.23. The Morgan fingerprint density at radius 2 is 1.96 bits per heavy atom. The van der Waals surface area contributed by atoms with Crippen molar-refractivity contribution in [1.82, 2.24) is 15.1 Å². The quantitative estimate of drug-likeness (QED) is 0.755. The molecule has 130 valence electrons. The number of thioether (sulfide) groups is 1. The van der Waals surface area contributed by atoms with Gasteiger partial charge in [0.05, 0.1) is 12.3 Å². The zero-order valence-electron chi connectivity index (χ0n) is 14.7. The number of aliphatic hydroxyl groups is 1. The van der Waals surface area contributed by atoms with Crippen LogP contribution in [0.4, 0.5) is 0 Å². The smallest absolute Gasteiger partial charge is 0.251 e. The number of benzene rings is 1. The van der Waals surface area contributed by atoms with Crippen LogP contribution in [0.3, 0.4) is 0 Å². The van der Waals surface area contributed by atoms with E-state index < -0.39 is 0 Å². The summed E-state index contributed by atoms with van der Waals surface area (Å²) in [5.74, 6) is 0.564. The highest BCUT2D eigenvalue weighted by molar-refractivity contribution is 7.99. The summed E-state index contributed by atoms with van der Waals surface area (Å²) < 4.78 is 1.99. The van der Waals surface area contributed by atoms with Crippen molar-refractivity contribution in [1.29, 1.82) is 0 Å². The van der Waals surface area contributed by atoms with E-state index in [2.05, 4.69) is 24.3 Å². The number of aryl methyl sites for hydroxylation is 1. The summed E-state index contributed by atoms with van der Waals surface area (Å²) in [6.07, 6.45) is 0. The Hall–Kier alpha value is -1.79. The van der Waals surface area contributed by atoms with Gasteiger partial charge in [-0.05, 0) is 52.0 Å². The molecule has 0 atom stereocenters. The van der Waals surface area contributed by atoms with Crippen molar-refractivity contribution in [2.75, 3.05) is 12.4 Å². The van der Waals surface area contributed by atoms with Crippen molar-refractivity contribution in [2.45, 2.75) is 45.2 Å². The molecule has 1 amide bonds. The van der Waals surface area contributed by atoms with Gasteiger partial charge in [0.2, 0.25) is 0 Å². The van der Waals surface area contributed by atoms with Gasteiger partial charge in [-0.2, -0.15) is 5.10 Å². The molecule has 2 N–H and O–H groups in total. The fourth-order valence-electron chi connectivity index (χ4n) is 2.59. The van der Waals surface area contributed by atoms with Crippen molar-refractivity contribution in [3.63, 3.8) is 0 Å². The molecule has 0 bridgehead atoms. The van der Waals surface area contributed by atoms with Crippen LogP contribution < -0.4 is 5.32 Å². The summed E-state index contributed by atoms with van der Waals surface area (Å²) in [7, 11) is 0. The van der Waals surface area contributed by atoms with E-state index in [1.807, 2.05) is 42.8 Å². The summed E-state index contributed by atoms with van der Waals surface area (Å²) in [4.78, 5) is 13.4. The Morgan fingerprint density at radius 1 is 1.29 bits per heavy atom. The molecule has 0 aliphatic carbocycles. The maximum absolute atomic E-state index is 12.3. The van der Waals surface area contributed by atoms with Gasteiger partial charge in [-0.3, -0.25) is 9.48 Å². The normalized spacial score (nSPS) is 11.1. The number of aliphatic hydroxyl groups excluding tert-OH is 1. The molecular formula is C18H25N3O2S. The molecule has 0 fully saturated rings. The van der Waals surface area contributed by atoms with Gasteiger partial charge >= 0.3 is 0 Å². The fraction of sp³-hybridized carbons (Fsp3) is 0.444. The van der Waals surface area contributed by atoms with Gasteiger partial charge < -0.3 is 10.4 Å². The van der Waals surface area contributed by atoms with Crippen molar-refractivity contribution < 1.29 is 9.90 Å². The highest BCUT2D eigenvalue weighted by atomic mass is 32.2. The molecule has 2 rings (SSSR count). The largest absolute Gasteiger partial charge is 0.396 e. The number of carbonyl (C=O) groups is 1. The molecule has 0 saturated heterocycles. The van der Waals surface area contributed by atoms with Crippen molar-refractivity contribution in [2.24, 2.45) is 0 Å². The molecule has 6 heteroatoms. The summed E-state index contributed by atoms with van der Waals surface area (Å²) >= 11 is 1.57. The van der Waals surface area contributed by atoms with Crippen LogP contribution in [0, 0.1) is 13.8 Å². The van der Waals surface area contributed by atoms with Crippen LogP contribution in [0.15, 0.2) is 29.2 Å². The number of nitrogens with one attached hydrogen (secondary N) is 1. The van der Waals surface area contributed by atoms with Crippen LogP contribution in [-0.4, -0.2) is 33.2 Å². The average molecular weight is 347 g/mol. The Morgan fingerprint density at radius 3 is 2.50 bits per heavy atom. The minimum atomic E-state index is -0.0928. The van der Waals surface area contributed by atoms with E-state index in [4.69, 9.17) is 5.11 Å². The second kappa shape index (κ2) is 8.35. The highest BCUT2D eigenvalue weighted by Gasteiger charge is 2.14. The van der Waals surface area contributed by atoms with Crippen molar-refractivity contribution in [3.8, 4) is 0 Å². The number of hydrogen-bond donors (Lipinski definition) is 2. The first kappa shape index (κ1) is 18.5. The predicted octanol–water partition coefficient (Wildman–Crippen LogP) is 3.10. The summed E-state index contributed by atoms with van der Waals surface area (Å²) in [5, 5.41) is 16.4. The zero-order valence-corrected chi connectivity index (χ0v) is 15.5. The van der Waals surface area contributed by atoms with Crippen LogP contribution in [-0.2, 0) is 6.54 Å². The second-order valence-electron chi connectivity index (χ2n) is 5.97. The molecule has 0 aliphatic rings. The van der Waals surface area contributed by atoms with E-state index in [9.17, 15) is 4.79 Å². The molecule has 0 unspecified atom stereocenters. The maximum Gasteiger partial charge on any atom is 0.251 e. The third-order valence-electron chi connectivity index (χ3n) is 3.87. The van der Waals surface area contributed by atoms with Crippen molar-refractivity contribution in [3.05, 3.63) is 46.8 Å². The summed E-state index contributed by atoms with van der Waals surface area (Å²) in [6.45, 7) is 8.82. The lowest BCUT2D eigenvalue weighted by molar-refractivity contribution is 0.0951. The number of carbonyl (C=O) groups excluding carboxylic acids is 1. The lowest BCUT2D eigenvalue weighted by atomic mass is 10.1. The van der Waals surface area contributed by atoms with Crippen LogP contribution in [0.25, 0.3) is 0 Å². The van der Waals surface area contributed by atoms with E-state index in [1.165, 1.54) is 0 Å². The van der Waals surface area contributed by atoms with Gasteiger partial charge in [-0.1, -0.05) is 0 Å². The SMILES string of the molecule is Cc1nn(C(C)C)c(C)c1CNC(=O)c1ccc(SCCO)cc1. The lowest BCUT2D eigenvalue weighted by Gasteiger charge is -2.09. The molecule has 0 saturated carbocycles. The Labute approximate surface area is 147 Å². The number of nitrogens with zero attached hydrogens (tertiary/aromatic N) is 2. The van der Waals surface area contributed by atoms with Gasteiger partial charge in [-0.15, -0.1) is 11.8 Å². The van der Waals surface area contributed by atoms with Crippen LogP contribution in [0.2, 0.25) is 0 Å². The molecule has 1 aromatic heterocycles. The van der Waals surface area contributed by atoms with Gasteiger partial charge in [0.25, 0.3) is 5.91 Å². The summed E-state index contributed by atoms with van der Waals surface area (Å²) in [5.41, 5.74) is 3.76. The second-order valence-corrected chi connectivity index (χ2v) is 7.14. The average Bonchev–Trinajstić information content (AvgIpc) is 2.86. The van der Waals surface area contributed by atoms with Crippen LogP contribution in [0.1, 0.15) is 47.2 Å². The third kappa shape index (κ3) is 4.39. The monoisotopic (exact) mass is 347 g/mol. The number of amides is 1. The molecular weight excluding hydrogens is 322 g/mol. The maximum atomic E-state index is 12.3. The molecule has 0 spiro atoms. The van der Waals surface area contributed by atoms with Gasteiger partial charge in [0, 0.05) is 40.1 Å². The Bertz CT molecular complexity index is 693. The fourth-order valence-corrected chi connectivity index (χ4v) is 3.25. The topological polar surface area (TPSA) is 67.2 Å². The molecule has 0 aliphatic heterocycles. The van der Waals surface area contributed by atoms with Gasteiger partial charge in [-0.25, -0.2) is 0 Å². The molecule has 0 radical (unpaired) electrons. The molecule has 2 aromatic rings. The highest BCUT2D eigenvalue weighted by Crippen LogP contribution is 2.19. The minimum absolute atomic E-state index is 0.0928. The third-order valence-corrected chi connectivity index (χ3v) is 4.86. The first-order valence-electron chi connectivity index (χ1n) is 8.10. The Balaban J connectivity index is 2.00. The predicted molar refractivity (Wildman–Crippen MR) is 97.5 cm³/mol. The van der Waals surface area contributed by atoms with Gasteiger partial charge in [0.15, 0.2) is 0 Å². The Kier molecular flexibility index (Phi) is 6.45. The first-order chi connectivity index (χ1) is 11.4.